The monoisotopic (exact) mass is 347 g/mol. The Morgan fingerprint density at radius 3 is 2.92 bits per heavy atom. The molecule has 0 fully saturated rings. The fourth-order valence-electron chi connectivity index (χ4n) is 2.34. The Hall–Kier alpha value is -3.66. The Morgan fingerprint density at radius 2 is 2.15 bits per heavy atom. The molecule has 0 saturated heterocycles. The van der Waals surface area contributed by atoms with Crippen molar-refractivity contribution in [1.82, 2.24) is 20.1 Å². The van der Waals surface area contributed by atoms with E-state index in [-0.39, 0.29) is 5.91 Å². The lowest BCUT2D eigenvalue weighted by Crippen LogP contribution is -2.36. The van der Waals surface area contributed by atoms with Crippen LogP contribution in [0.5, 0.6) is 5.75 Å². The van der Waals surface area contributed by atoms with Crippen LogP contribution in [0.15, 0.2) is 61.1 Å². The molecular weight excluding hydrogens is 330 g/mol. The molecule has 2 heterocycles. The van der Waals surface area contributed by atoms with Crippen molar-refractivity contribution in [3.05, 3.63) is 72.2 Å². The van der Waals surface area contributed by atoms with Crippen molar-refractivity contribution in [1.29, 1.82) is 5.26 Å². The third-order valence-corrected chi connectivity index (χ3v) is 3.70. The van der Waals surface area contributed by atoms with Crippen LogP contribution >= 0.6 is 0 Å². The summed E-state index contributed by atoms with van der Waals surface area (Å²) in [6, 6.07) is 14.4. The van der Waals surface area contributed by atoms with Crippen molar-refractivity contribution < 1.29 is 9.53 Å². The molecule has 7 nitrogen and oxygen atoms in total. The van der Waals surface area contributed by atoms with Gasteiger partial charge in [0, 0.05) is 25.1 Å². The highest BCUT2D eigenvalue weighted by molar-refractivity contribution is 5.80. The maximum absolute atomic E-state index is 12.3. The average Bonchev–Trinajstić information content (AvgIpc) is 3.21. The molecule has 0 saturated carbocycles. The molecule has 7 heteroatoms. The smallest absolute Gasteiger partial charge is 0.261 e. The summed E-state index contributed by atoms with van der Waals surface area (Å²) >= 11 is 0. The first kappa shape index (κ1) is 17.2. The summed E-state index contributed by atoms with van der Waals surface area (Å²) in [5.41, 5.74) is 1.29. The first-order chi connectivity index (χ1) is 12.7. The molecule has 0 aliphatic heterocycles. The van der Waals surface area contributed by atoms with E-state index in [2.05, 4.69) is 15.4 Å². The van der Waals surface area contributed by atoms with Gasteiger partial charge in [0.05, 0.1) is 5.56 Å². The zero-order chi connectivity index (χ0) is 18.4. The Kier molecular flexibility index (Phi) is 5.25. The summed E-state index contributed by atoms with van der Waals surface area (Å²) in [6.07, 6.45) is 4.42. The second kappa shape index (κ2) is 7.94. The fraction of sp³-hybridized carbons (Fsp3) is 0.158. The van der Waals surface area contributed by atoms with Crippen LogP contribution in [0.4, 0.5) is 0 Å². The van der Waals surface area contributed by atoms with Crippen molar-refractivity contribution >= 4 is 5.91 Å². The van der Waals surface area contributed by atoms with Crippen LogP contribution in [0.1, 0.15) is 18.1 Å². The fourth-order valence-corrected chi connectivity index (χ4v) is 2.34. The van der Waals surface area contributed by atoms with Crippen molar-refractivity contribution in [3.63, 3.8) is 0 Å². The molecule has 1 aromatic carbocycles. The molecule has 0 aliphatic rings. The van der Waals surface area contributed by atoms with Gasteiger partial charge in [-0.2, -0.15) is 10.4 Å². The van der Waals surface area contributed by atoms with Gasteiger partial charge in [0.2, 0.25) is 0 Å². The number of hydrogen-bond donors (Lipinski definition) is 1. The van der Waals surface area contributed by atoms with Gasteiger partial charge >= 0.3 is 0 Å². The summed E-state index contributed by atoms with van der Waals surface area (Å²) < 4.78 is 7.26. The SMILES string of the molecule is C[C@H](Oc1ccccc1C#N)C(=O)NCc1ccnc(-n2cccn2)c1. The topological polar surface area (TPSA) is 92.8 Å². The van der Waals surface area contributed by atoms with Gasteiger partial charge in [0.25, 0.3) is 5.91 Å². The molecule has 0 unspecified atom stereocenters. The Labute approximate surface area is 150 Å². The number of benzene rings is 1. The first-order valence-corrected chi connectivity index (χ1v) is 8.06. The lowest BCUT2D eigenvalue weighted by atomic mass is 10.2. The van der Waals surface area contributed by atoms with E-state index in [9.17, 15) is 4.79 Å². The zero-order valence-corrected chi connectivity index (χ0v) is 14.2. The van der Waals surface area contributed by atoms with Crippen LogP contribution in [0.2, 0.25) is 0 Å². The van der Waals surface area contributed by atoms with E-state index in [1.807, 2.05) is 24.3 Å². The number of pyridine rings is 1. The average molecular weight is 347 g/mol. The summed E-state index contributed by atoms with van der Waals surface area (Å²) in [6.45, 7) is 1.98. The number of carbonyl (C=O) groups is 1. The quantitative estimate of drug-likeness (QED) is 0.738. The van der Waals surface area contributed by atoms with Crippen LogP contribution in [-0.2, 0) is 11.3 Å². The van der Waals surface area contributed by atoms with E-state index < -0.39 is 6.10 Å². The number of aromatic nitrogens is 3. The Morgan fingerprint density at radius 1 is 1.31 bits per heavy atom. The summed E-state index contributed by atoms with van der Waals surface area (Å²) in [4.78, 5) is 16.5. The molecule has 1 atom stereocenters. The highest BCUT2D eigenvalue weighted by atomic mass is 16.5. The highest BCUT2D eigenvalue weighted by Crippen LogP contribution is 2.18. The molecule has 26 heavy (non-hydrogen) atoms. The van der Waals surface area contributed by atoms with Crippen molar-refractivity contribution in [2.45, 2.75) is 19.6 Å². The molecular formula is C19H17N5O2. The summed E-state index contributed by atoms with van der Waals surface area (Å²) in [5, 5.41) is 16.0. The van der Waals surface area contributed by atoms with Gasteiger partial charge in [-0.15, -0.1) is 0 Å². The number of nitrogens with zero attached hydrogens (tertiary/aromatic N) is 4. The lowest BCUT2D eigenvalue weighted by Gasteiger charge is -2.15. The number of ether oxygens (including phenoxy) is 1. The van der Waals surface area contributed by atoms with E-state index in [1.165, 1.54) is 0 Å². The summed E-state index contributed by atoms with van der Waals surface area (Å²) in [7, 11) is 0. The number of nitrogens with one attached hydrogen (secondary N) is 1. The van der Waals surface area contributed by atoms with Crippen LogP contribution < -0.4 is 10.1 Å². The number of nitriles is 1. The molecule has 0 spiro atoms. The molecule has 0 bridgehead atoms. The van der Waals surface area contributed by atoms with E-state index >= 15 is 0 Å². The van der Waals surface area contributed by atoms with Crippen LogP contribution in [0.3, 0.4) is 0 Å². The zero-order valence-electron chi connectivity index (χ0n) is 14.2. The Bertz CT molecular complexity index is 931. The van der Waals surface area contributed by atoms with Gasteiger partial charge in [-0.25, -0.2) is 9.67 Å². The van der Waals surface area contributed by atoms with Gasteiger partial charge in [-0.3, -0.25) is 4.79 Å². The van der Waals surface area contributed by atoms with Gasteiger partial charge in [0.15, 0.2) is 11.9 Å². The van der Waals surface area contributed by atoms with Gasteiger partial charge < -0.3 is 10.1 Å². The highest BCUT2D eigenvalue weighted by Gasteiger charge is 2.16. The molecule has 3 aromatic rings. The number of amides is 1. The van der Waals surface area contributed by atoms with Crippen molar-refractivity contribution in [2.75, 3.05) is 0 Å². The first-order valence-electron chi connectivity index (χ1n) is 8.06. The Balaban J connectivity index is 1.60. The van der Waals surface area contributed by atoms with Gasteiger partial charge in [-0.05, 0) is 42.8 Å². The predicted molar refractivity (Wildman–Crippen MR) is 94.5 cm³/mol. The van der Waals surface area contributed by atoms with Gasteiger partial charge in [0.1, 0.15) is 11.8 Å². The maximum Gasteiger partial charge on any atom is 0.261 e. The third-order valence-electron chi connectivity index (χ3n) is 3.70. The van der Waals surface area contributed by atoms with E-state index in [0.717, 1.165) is 5.56 Å². The summed E-state index contributed by atoms with van der Waals surface area (Å²) in [5.74, 6) is 0.798. The third kappa shape index (κ3) is 4.05. The van der Waals surface area contributed by atoms with Crippen LogP contribution in [0, 0.1) is 11.3 Å². The molecule has 0 radical (unpaired) electrons. The van der Waals surface area contributed by atoms with Crippen LogP contribution in [0.25, 0.3) is 5.82 Å². The minimum Gasteiger partial charge on any atom is -0.480 e. The minimum absolute atomic E-state index is 0.268. The molecule has 0 aliphatic carbocycles. The number of carbonyl (C=O) groups excluding carboxylic acids is 1. The van der Waals surface area contributed by atoms with E-state index in [4.69, 9.17) is 10.00 Å². The molecule has 2 aromatic heterocycles. The normalized spacial score (nSPS) is 11.4. The molecule has 1 N–H and O–H groups in total. The van der Waals surface area contributed by atoms with Crippen LogP contribution in [-0.4, -0.2) is 26.8 Å². The van der Waals surface area contributed by atoms with Crippen molar-refractivity contribution in [2.24, 2.45) is 0 Å². The standard InChI is InChI=1S/C19H17N5O2/c1-14(26-17-6-3-2-5-16(17)12-20)19(25)22-13-15-7-9-21-18(11-15)24-10-4-8-23-24/h2-11,14H,13H2,1H3,(H,22,25)/t14-/m0/s1. The molecule has 3 rings (SSSR count). The van der Waals surface area contributed by atoms with E-state index in [1.54, 1.807) is 54.5 Å². The molecule has 1 amide bonds. The number of rotatable bonds is 6. The predicted octanol–water partition coefficient (Wildman–Crippen LogP) is 2.22. The second-order valence-corrected chi connectivity index (χ2v) is 5.56. The van der Waals surface area contributed by atoms with E-state index in [0.29, 0.717) is 23.7 Å². The van der Waals surface area contributed by atoms with Gasteiger partial charge in [-0.1, -0.05) is 12.1 Å². The maximum atomic E-state index is 12.3. The van der Waals surface area contributed by atoms with Crippen molar-refractivity contribution in [3.8, 4) is 17.6 Å². The minimum atomic E-state index is -0.725. The largest absolute Gasteiger partial charge is 0.480 e. The number of para-hydroxylation sites is 1. The number of hydrogen-bond acceptors (Lipinski definition) is 5. The second-order valence-electron chi connectivity index (χ2n) is 5.56. The molecule has 130 valence electrons. The lowest BCUT2D eigenvalue weighted by molar-refractivity contribution is -0.127.